The maximum Gasteiger partial charge on any atom is 0.0860 e. The first-order valence-electron chi connectivity index (χ1n) is 3.69. The Morgan fingerprint density at radius 3 is 2.42 bits per heavy atom. The van der Waals surface area contributed by atoms with E-state index in [4.69, 9.17) is 5.73 Å². The fraction of sp³-hybridized carbons (Fsp3) is 0.333. The SMILES string of the molecule is CC(C)(O)c1ccc(Br)cc1N. The molecule has 0 radical (unpaired) electrons. The summed E-state index contributed by atoms with van der Waals surface area (Å²) in [7, 11) is 0. The molecule has 0 saturated heterocycles. The monoisotopic (exact) mass is 229 g/mol. The van der Waals surface area contributed by atoms with Gasteiger partial charge in [0.15, 0.2) is 0 Å². The molecule has 0 heterocycles. The molecule has 1 rings (SSSR count). The third kappa shape index (κ3) is 1.99. The maximum atomic E-state index is 9.67. The second-order valence-corrected chi connectivity index (χ2v) is 4.21. The zero-order chi connectivity index (χ0) is 9.35. The minimum absolute atomic E-state index is 0.608. The first kappa shape index (κ1) is 9.55. The molecule has 0 spiro atoms. The summed E-state index contributed by atoms with van der Waals surface area (Å²) in [5, 5.41) is 9.67. The fourth-order valence-electron chi connectivity index (χ4n) is 1.09. The number of anilines is 1. The molecule has 0 aliphatic carbocycles. The van der Waals surface area contributed by atoms with Crippen molar-refractivity contribution in [2.75, 3.05) is 5.73 Å². The van der Waals surface area contributed by atoms with Gasteiger partial charge in [-0.2, -0.15) is 0 Å². The number of benzene rings is 1. The minimum atomic E-state index is -0.870. The minimum Gasteiger partial charge on any atom is -0.398 e. The second-order valence-electron chi connectivity index (χ2n) is 3.29. The van der Waals surface area contributed by atoms with Crippen LogP contribution in [0.2, 0.25) is 0 Å². The van der Waals surface area contributed by atoms with Crippen molar-refractivity contribution in [1.29, 1.82) is 0 Å². The van der Waals surface area contributed by atoms with Gasteiger partial charge in [0, 0.05) is 15.7 Å². The Bertz CT molecular complexity index is 291. The van der Waals surface area contributed by atoms with Gasteiger partial charge >= 0.3 is 0 Å². The van der Waals surface area contributed by atoms with Gasteiger partial charge in [0.1, 0.15) is 0 Å². The highest BCUT2D eigenvalue weighted by Crippen LogP contribution is 2.27. The number of hydrogen-bond donors (Lipinski definition) is 2. The summed E-state index contributed by atoms with van der Waals surface area (Å²) in [6.45, 7) is 3.43. The number of hydrogen-bond acceptors (Lipinski definition) is 2. The first-order chi connectivity index (χ1) is 5.41. The van der Waals surface area contributed by atoms with Crippen LogP contribution in [0.15, 0.2) is 22.7 Å². The maximum absolute atomic E-state index is 9.67. The molecule has 0 aliphatic heterocycles. The van der Waals surface area contributed by atoms with Gasteiger partial charge in [-0.3, -0.25) is 0 Å². The average Bonchev–Trinajstić information content (AvgIpc) is 1.83. The smallest absolute Gasteiger partial charge is 0.0860 e. The lowest BCUT2D eigenvalue weighted by molar-refractivity contribution is 0.0794. The first-order valence-corrected chi connectivity index (χ1v) is 4.48. The van der Waals surface area contributed by atoms with Gasteiger partial charge in [0.05, 0.1) is 5.60 Å². The van der Waals surface area contributed by atoms with Crippen LogP contribution in [0.3, 0.4) is 0 Å². The standard InChI is InChI=1S/C9H12BrNO/c1-9(2,12)7-4-3-6(10)5-8(7)11/h3-5,12H,11H2,1-2H3. The predicted molar refractivity (Wildman–Crippen MR) is 53.8 cm³/mol. The van der Waals surface area contributed by atoms with E-state index in [9.17, 15) is 5.11 Å². The summed E-state index contributed by atoms with van der Waals surface area (Å²) >= 11 is 3.30. The Labute approximate surface area is 80.5 Å². The van der Waals surface area contributed by atoms with Gasteiger partial charge in [0.25, 0.3) is 0 Å². The molecule has 2 nitrogen and oxygen atoms in total. The molecule has 66 valence electrons. The van der Waals surface area contributed by atoms with E-state index < -0.39 is 5.60 Å². The van der Waals surface area contributed by atoms with Crippen LogP contribution in [-0.2, 0) is 5.60 Å². The van der Waals surface area contributed by atoms with Crippen molar-refractivity contribution in [3.63, 3.8) is 0 Å². The van der Waals surface area contributed by atoms with Crippen molar-refractivity contribution in [1.82, 2.24) is 0 Å². The van der Waals surface area contributed by atoms with E-state index in [1.165, 1.54) is 0 Å². The zero-order valence-corrected chi connectivity index (χ0v) is 8.72. The van der Waals surface area contributed by atoms with Crippen LogP contribution in [0, 0.1) is 0 Å². The zero-order valence-electron chi connectivity index (χ0n) is 7.13. The lowest BCUT2D eigenvalue weighted by Gasteiger charge is -2.19. The Hall–Kier alpha value is -0.540. The third-order valence-corrected chi connectivity index (χ3v) is 2.17. The second kappa shape index (κ2) is 3.07. The molecule has 3 N–H and O–H groups in total. The Morgan fingerprint density at radius 2 is 2.00 bits per heavy atom. The Kier molecular flexibility index (Phi) is 2.44. The summed E-state index contributed by atoms with van der Waals surface area (Å²) in [6, 6.07) is 5.47. The molecule has 0 unspecified atom stereocenters. The van der Waals surface area contributed by atoms with E-state index in [1.807, 2.05) is 12.1 Å². The van der Waals surface area contributed by atoms with E-state index in [1.54, 1.807) is 19.9 Å². The Balaban J connectivity index is 3.19. The molecular formula is C9H12BrNO. The number of nitrogen functional groups attached to an aromatic ring is 1. The number of aliphatic hydroxyl groups is 1. The van der Waals surface area contributed by atoms with Crippen LogP contribution in [0.25, 0.3) is 0 Å². The average molecular weight is 230 g/mol. The molecule has 0 atom stereocenters. The molecule has 0 saturated carbocycles. The van der Waals surface area contributed by atoms with E-state index in [0.29, 0.717) is 5.69 Å². The molecule has 1 aromatic rings. The predicted octanol–water partition coefficient (Wildman–Crippen LogP) is 2.26. The molecular weight excluding hydrogens is 218 g/mol. The summed E-state index contributed by atoms with van der Waals surface area (Å²) in [5.74, 6) is 0. The summed E-state index contributed by atoms with van der Waals surface area (Å²) in [6.07, 6.45) is 0. The van der Waals surface area contributed by atoms with Gasteiger partial charge in [-0.25, -0.2) is 0 Å². The van der Waals surface area contributed by atoms with Gasteiger partial charge < -0.3 is 10.8 Å². The molecule has 12 heavy (non-hydrogen) atoms. The summed E-state index contributed by atoms with van der Waals surface area (Å²) in [5.41, 5.74) is 6.21. The lowest BCUT2D eigenvalue weighted by Crippen LogP contribution is -2.17. The van der Waals surface area contributed by atoms with E-state index in [2.05, 4.69) is 15.9 Å². The quantitative estimate of drug-likeness (QED) is 0.727. The largest absolute Gasteiger partial charge is 0.398 e. The van der Waals surface area contributed by atoms with Crippen molar-refractivity contribution >= 4 is 21.6 Å². The van der Waals surface area contributed by atoms with Crippen LogP contribution in [0.1, 0.15) is 19.4 Å². The van der Waals surface area contributed by atoms with Crippen LogP contribution in [0.5, 0.6) is 0 Å². The van der Waals surface area contributed by atoms with Crippen molar-refractivity contribution in [3.05, 3.63) is 28.2 Å². The van der Waals surface area contributed by atoms with E-state index in [-0.39, 0.29) is 0 Å². The number of rotatable bonds is 1. The molecule has 1 aromatic carbocycles. The lowest BCUT2D eigenvalue weighted by atomic mass is 9.97. The fourth-order valence-corrected chi connectivity index (χ4v) is 1.47. The molecule has 0 aliphatic rings. The molecule has 3 heteroatoms. The van der Waals surface area contributed by atoms with Crippen LogP contribution >= 0.6 is 15.9 Å². The summed E-state index contributed by atoms with van der Waals surface area (Å²) < 4.78 is 0.924. The third-order valence-electron chi connectivity index (χ3n) is 1.67. The van der Waals surface area contributed by atoms with Crippen molar-refractivity contribution in [2.24, 2.45) is 0 Å². The molecule has 0 fully saturated rings. The highest BCUT2D eigenvalue weighted by Gasteiger charge is 2.18. The van der Waals surface area contributed by atoms with Gasteiger partial charge in [-0.15, -0.1) is 0 Å². The van der Waals surface area contributed by atoms with Crippen molar-refractivity contribution in [2.45, 2.75) is 19.4 Å². The number of halogens is 1. The van der Waals surface area contributed by atoms with Gasteiger partial charge in [0.2, 0.25) is 0 Å². The highest BCUT2D eigenvalue weighted by atomic mass is 79.9. The summed E-state index contributed by atoms with van der Waals surface area (Å²) in [4.78, 5) is 0. The highest BCUT2D eigenvalue weighted by molar-refractivity contribution is 9.10. The topological polar surface area (TPSA) is 46.2 Å². The van der Waals surface area contributed by atoms with Crippen LogP contribution in [-0.4, -0.2) is 5.11 Å². The van der Waals surface area contributed by atoms with Crippen LogP contribution < -0.4 is 5.73 Å². The molecule has 0 amide bonds. The van der Waals surface area contributed by atoms with Gasteiger partial charge in [-0.05, 0) is 26.0 Å². The Morgan fingerprint density at radius 1 is 1.42 bits per heavy atom. The van der Waals surface area contributed by atoms with Gasteiger partial charge in [-0.1, -0.05) is 22.0 Å². The van der Waals surface area contributed by atoms with Crippen molar-refractivity contribution in [3.8, 4) is 0 Å². The van der Waals surface area contributed by atoms with E-state index >= 15 is 0 Å². The van der Waals surface area contributed by atoms with Crippen LogP contribution in [0.4, 0.5) is 5.69 Å². The van der Waals surface area contributed by atoms with E-state index in [0.717, 1.165) is 10.0 Å². The molecule has 0 aromatic heterocycles. The van der Waals surface area contributed by atoms with Crippen molar-refractivity contribution < 1.29 is 5.11 Å². The number of nitrogens with two attached hydrogens (primary N) is 1. The molecule has 0 bridgehead atoms. The normalized spacial score (nSPS) is 11.7.